The number of primary amides is 2. The molecule has 0 bridgehead atoms. The predicted molar refractivity (Wildman–Crippen MR) is 219 cm³/mol. The zero-order valence-electron chi connectivity index (χ0n) is 32.3. The molecule has 0 spiro atoms. The van der Waals surface area contributed by atoms with E-state index in [1.807, 2.05) is 0 Å². The van der Waals surface area contributed by atoms with Crippen molar-refractivity contribution in [3.05, 3.63) is 177 Å². The van der Waals surface area contributed by atoms with E-state index in [1.165, 1.54) is 77.8 Å². The summed E-state index contributed by atoms with van der Waals surface area (Å²) in [4.78, 5) is 62.1. The molecule has 16 heteroatoms. The highest BCUT2D eigenvalue weighted by molar-refractivity contribution is 6.30. The summed E-state index contributed by atoms with van der Waals surface area (Å²) in [6, 6.07) is 20.1. The average Bonchev–Trinajstić information content (AvgIpc) is 3.86. The number of carbonyl (C=O) groups is 4. The van der Waals surface area contributed by atoms with Crippen molar-refractivity contribution in [2.75, 3.05) is 6.61 Å². The zero-order valence-corrected chi connectivity index (χ0v) is 33.1. The molecule has 12 nitrogen and oxygen atoms in total. The van der Waals surface area contributed by atoms with E-state index in [4.69, 9.17) is 27.8 Å². The van der Waals surface area contributed by atoms with E-state index in [1.54, 1.807) is 30.3 Å². The number of hydrogen-bond acceptors (Lipinski definition) is 8. The third-order valence-corrected chi connectivity index (χ3v) is 11.3. The van der Waals surface area contributed by atoms with Gasteiger partial charge < -0.3 is 36.2 Å². The Morgan fingerprint density at radius 1 is 0.710 bits per heavy atom. The number of nitrogens with two attached hydrogens (primary N) is 2. The molecular formula is C46H35ClF3N5O7. The highest BCUT2D eigenvalue weighted by atomic mass is 35.5. The molecule has 0 radical (unpaired) electrons. The molecule has 2 aliphatic rings. The van der Waals surface area contributed by atoms with Crippen LogP contribution in [-0.2, 0) is 16.0 Å². The van der Waals surface area contributed by atoms with Crippen molar-refractivity contribution in [1.29, 1.82) is 0 Å². The van der Waals surface area contributed by atoms with E-state index in [0.29, 0.717) is 22.8 Å². The van der Waals surface area contributed by atoms with Gasteiger partial charge in [-0.05, 0) is 78.1 Å². The second-order valence-electron chi connectivity index (χ2n) is 14.8. The molecule has 1 aliphatic heterocycles. The minimum Gasteiger partial charge on any atom is -0.507 e. The van der Waals surface area contributed by atoms with Gasteiger partial charge in [-0.2, -0.15) is 0 Å². The van der Waals surface area contributed by atoms with Crippen molar-refractivity contribution in [3.8, 4) is 28.5 Å². The zero-order chi connectivity index (χ0) is 44.0. The molecular weight excluding hydrogens is 827 g/mol. The number of fused-ring (bicyclic) bond motifs is 2. The molecule has 0 unspecified atom stereocenters. The van der Waals surface area contributed by atoms with E-state index in [0.717, 1.165) is 11.0 Å². The maximum atomic E-state index is 15.1. The largest absolute Gasteiger partial charge is 0.507 e. The van der Waals surface area contributed by atoms with Gasteiger partial charge in [0.2, 0.25) is 11.8 Å². The van der Waals surface area contributed by atoms with Gasteiger partial charge in [0.15, 0.2) is 11.6 Å². The Hall–Kier alpha value is -7.39. The Balaban J connectivity index is 1.14. The Morgan fingerprint density at radius 3 is 2.03 bits per heavy atom. The highest BCUT2D eigenvalue weighted by Gasteiger charge is 2.43. The van der Waals surface area contributed by atoms with E-state index < -0.39 is 71.0 Å². The number of amides is 4. The number of nitrogens with zero attached hydrogens (tertiary/aromatic N) is 3. The van der Waals surface area contributed by atoms with Gasteiger partial charge in [0.1, 0.15) is 41.8 Å². The van der Waals surface area contributed by atoms with Crippen LogP contribution in [0.4, 0.5) is 13.2 Å². The third-order valence-electron chi connectivity index (χ3n) is 11.1. The van der Waals surface area contributed by atoms with Gasteiger partial charge in [-0.15, -0.1) is 0 Å². The first kappa shape index (κ1) is 41.3. The minimum absolute atomic E-state index is 0.0402. The van der Waals surface area contributed by atoms with Gasteiger partial charge in [0, 0.05) is 34.0 Å². The van der Waals surface area contributed by atoms with Gasteiger partial charge in [-0.1, -0.05) is 66.2 Å². The van der Waals surface area contributed by atoms with Crippen molar-refractivity contribution in [2.45, 2.75) is 37.0 Å². The summed E-state index contributed by atoms with van der Waals surface area (Å²) in [6.45, 7) is -0.354. The lowest BCUT2D eigenvalue weighted by molar-refractivity contribution is -0.124. The summed E-state index contributed by atoms with van der Waals surface area (Å²) in [5, 5.41) is 22.2. The first-order chi connectivity index (χ1) is 29.7. The molecule has 1 aliphatic carbocycles. The molecule has 6 aromatic rings. The van der Waals surface area contributed by atoms with Crippen molar-refractivity contribution >= 4 is 35.2 Å². The number of hydrogen-bond donors (Lipinski definition) is 4. The number of para-hydroxylation sites is 1. The standard InChI is InChI=1S/C46H35ClF3N5O7/c47-26-17-31-28(33(49)18-26)13-15-36(31)54(45(60)29-8-4-5-9-38(29)56)41(44(52)59)25-11-14-35(53-21-25)24-10-12-30(39(57)16-24)46(61)55(40(43(51)58)23-6-2-1-3-7-23)37-22-62-42-32(37)19-27(48)20-34(42)50/h1-12,14,16-21,36-37,40-41,56-57H,13,15,22H2,(H2,51,58)(H2,52,59)/t36-,37-,40-,41-/m1/s1. The molecule has 8 rings (SSSR count). The SMILES string of the molecule is NC(=O)[C@@H](c1ccc(-c2ccc(C(=O)N([C@@H]3COc4c(F)cc(F)cc43)[C@@H](C(N)=O)c3ccccc3)c(O)c2)nc1)N(C(=O)c1ccccc1O)[C@@H]1CCc2c(F)cc(Cl)cc21. The molecule has 6 N–H and O–H groups in total. The molecule has 62 heavy (non-hydrogen) atoms. The van der Waals surface area contributed by atoms with E-state index >= 15 is 4.39 Å². The second kappa shape index (κ2) is 16.6. The van der Waals surface area contributed by atoms with Crippen LogP contribution >= 0.6 is 11.6 Å². The lowest BCUT2D eigenvalue weighted by atomic mass is 9.96. The van der Waals surface area contributed by atoms with Crippen LogP contribution in [0.25, 0.3) is 11.3 Å². The Kier molecular flexibility index (Phi) is 11.1. The lowest BCUT2D eigenvalue weighted by Gasteiger charge is -2.36. The van der Waals surface area contributed by atoms with Crippen molar-refractivity contribution in [1.82, 2.24) is 14.8 Å². The van der Waals surface area contributed by atoms with Crippen LogP contribution in [0, 0.1) is 17.5 Å². The van der Waals surface area contributed by atoms with Gasteiger partial charge in [-0.3, -0.25) is 24.2 Å². The number of carbonyl (C=O) groups excluding carboxylic acids is 4. The van der Waals surface area contributed by atoms with Crippen LogP contribution in [0.3, 0.4) is 0 Å². The molecule has 0 fully saturated rings. The number of benzene rings is 5. The van der Waals surface area contributed by atoms with Crippen LogP contribution in [0.5, 0.6) is 17.2 Å². The number of aromatic hydroxyl groups is 2. The van der Waals surface area contributed by atoms with Gasteiger partial charge >= 0.3 is 0 Å². The third kappa shape index (κ3) is 7.51. The summed E-state index contributed by atoms with van der Waals surface area (Å²) in [6.07, 6.45) is 1.74. The lowest BCUT2D eigenvalue weighted by Crippen LogP contribution is -2.44. The van der Waals surface area contributed by atoms with Crippen LogP contribution in [0.1, 0.15) is 79.1 Å². The van der Waals surface area contributed by atoms with E-state index in [-0.39, 0.29) is 69.5 Å². The summed E-state index contributed by atoms with van der Waals surface area (Å²) in [5.41, 5.74) is 13.1. The minimum atomic E-state index is -1.48. The Labute approximate surface area is 356 Å². The van der Waals surface area contributed by atoms with Crippen LogP contribution in [0.15, 0.2) is 115 Å². The maximum absolute atomic E-state index is 15.1. The first-order valence-electron chi connectivity index (χ1n) is 19.2. The van der Waals surface area contributed by atoms with Crippen LogP contribution in [0.2, 0.25) is 5.02 Å². The molecule has 314 valence electrons. The quantitative estimate of drug-likeness (QED) is 0.104. The fraction of sp³-hybridized carbons (Fsp3) is 0.152. The summed E-state index contributed by atoms with van der Waals surface area (Å²) >= 11 is 6.25. The molecule has 0 saturated heterocycles. The fourth-order valence-electron chi connectivity index (χ4n) is 8.35. The van der Waals surface area contributed by atoms with Gasteiger partial charge in [-0.25, -0.2) is 13.2 Å². The molecule has 5 aromatic carbocycles. The number of pyridine rings is 1. The molecule has 0 saturated carbocycles. The average molecular weight is 862 g/mol. The number of halogens is 4. The van der Waals surface area contributed by atoms with Crippen molar-refractivity contribution in [3.63, 3.8) is 0 Å². The molecule has 1 aromatic heterocycles. The molecule has 4 amide bonds. The summed E-state index contributed by atoms with van der Waals surface area (Å²) in [7, 11) is 0. The van der Waals surface area contributed by atoms with Gasteiger partial charge in [0.25, 0.3) is 11.8 Å². The van der Waals surface area contributed by atoms with Crippen LogP contribution in [-0.4, -0.2) is 55.2 Å². The molecule has 2 heterocycles. The first-order valence-corrected chi connectivity index (χ1v) is 19.6. The topological polar surface area (TPSA) is 189 Å². The van der Waals surface area contributed by atoms with E-state index in [9.17, 15) is 38.2 Å². The van der Waals surface area contributed by atoms with Crippen LogP contribution < -0.4 is 16.2 Å². The second-order valence-corrected chi connectivity index (χ2v) is 15.3. The normalized spacial score (nSPS) is 16.1. The Morgan fingerprint density at radius 2 is 1.37 bits per heavy atom. The number of phenols is 2. The van der Waals surface area contributed by atoms with Crippen molar-refractivity contribution < 1.29 is 47.3 Å². The maximum Gasteiger partial charge on any atom is 0.259 e. The van der Waals surface area contributed by atoms with Crippen molar-refractivity contribution in [2.24, 2.45) is 11.5 Å². The fourth-order valence-corrected chi connectivity index (χ4v) is 8.56. The number of phenolic OH excluding ortho intramolecular Hbond substituents is 2. The highest BCUT2D eigenvalue weighted by Crippen LogP contribution is 2.45. The van der Waals surface area contributed by atoms with E-state index in [2.05, 4.69) is 4.98 Å². The number of aromatic nitrogens is 1. The van der Waals surface area contributed by atoms with Gasteiger partial charge in [0.05, 0.1) is 28.9 Å². The smallest absolute Gasteiger partial charge is 0.259 e. The summed E-state index contributed by atoms with van der Waals surface area (Å²) in [5.74, 6) is -7.29. The number of ether oxygens (including phenoxy) is 1. The monoisotopic (exact) mass is 861 g/mol. The Bertz CT molecular complexity index is 2780. The summed E-state index contributed by atoms with van der Waals surface area (Å²) < 4.78 is 50.0. The molecule has 4 atom stereocenters. The predicted octanol–water partition coefficient (Wildman–Crippen LogP) is 7.39. The number of rotatable bonds is 11.